The van der Waals surface area contributed by atoms with Crippen molar-refractivity contribution >= 4 is 15.8 Å². The molecule has 0 amide bonds. The van der Waals surface area contributed by atoms with Gasteiger partial charge < -0.3 is 10.8 Å². The van der Waals surface area contributed by atoms with Crippen LogP contribution in [0, 0.1) is 12.8 Å². The Morgan fingerprint density at radius 1 is 1.47 bits per heavy atom. The van der Waals surface area contributed by atoms with E-state index in [2.05, 4.69) is 5.10 Å². The third kappa shape index (κ3) is 2.35. The van der Waals surface area contributed by atoms with Crippen LogP contribution in [0.15, 0.2) is 4.90 Å². The van der Waals surface area contributed by atoms with Gasteiger partial charge in [0.15, 0.2) is 5.82 Å². The van der Waals surface area contributed by atoms with Gasteiger partial charge >= 0.3 is 0 Å². The second kappa shape index (κ2) is 4.77. The number of hydrogen-bond donors (Lipinski definition) is 2. The van der Waals surface area contributed by atoms with Gasteiger partial charge in [0.05, 0.1) is 11.8 Å². The molecular weight excluding hydrogens is 268 g/mol. The van der Waals surface area contributed by atoms with E-state index in [1.807, 2.05) is 6.92 Å². The standard InChI is InChI=1S/C11H20N4O3S/c1-7-4-5-15(6-9(7)16)19(17,18)10-8(2)14(3)13-11(10)12/h7,9,16H,4-6H2,1-3H3,(H2,12,13). The predicted octanol–water partition coefficient (Wildman–Crippen LogP) is -0.298. The molecule has 1 aromatic rings. The molecule has 1 aliphatic heterocycles. The summed E-state index contributed by atoms with van der Waals surface area (Å²) in [6, 6.07) is 0. The van der Waals surface area contributed by atoms with Gasteiger partial charge in [-0.25, -0.2) is 8.42 Å². The highest BCUT2D eigenvalue weighted by atomic mass is 32.2. The number of nitrogen functional groups attached to an aromatic ring is 1. The number of aliphatic hydroxyl groups excluding tert-OH is 1. The summed E-state index contributed by atoms with van der Waals surface area (Å²) in [7, 11) is -2.04. The van der Waals surface area contributed by atoms with Crippen molar-refractivity contribution in [2.75, 3.05) is 18.8 Å². The number of hydrogen-bond acceptors (Lipinski definition) is 5. The van der Waals surface area contributed by atoms with E-state index in [0.717, 1.165) is 0 Å². The molecule has 1 fully saturated rings. The van der Waals surface area contributed by atoms with Gasteiger partial charge in [-0.2, -0.15) is 9.40 Å². The fourth-order valence-corrected chi connectivity index (χ4v) is 4.06. The largest absolute Gasteiger partial charge is 0.391 e. The first-order chi connectivity index (χ1) is 8.75. The second-order valence-corrected chi connectivity index (χ2v) is 6.99. The Morgan fingerprint density at radius 3 is 2.58 bits per heavy atom. The summed E-state index contributed by atoms with van der Waals surface area (Å²) >= 11 is 0. The van der Waals surface area contributed by atoms with Crippen LogP contribution in [0.2, 0.25) is 0 Å². The van der Waals surface area contributed by atoms with Crippen molar-refractivity contribution in [1.29, 1.82) is 0 Å². The maximum Gasteiger partial charge on any atom is 0.248 e. The number of nitrogens with zero attached hydrogens (tertiary/aromatic N) is 3. The molecule has 108 valence electrons. The number of aromatic nitrogens is 2. The van der Waals surface area contributed by atoms with Gasteiger partial charge in [0, 0.05) is 20.1 Å². The lowest BCUT2D eigenvalue weighted by molar-refractivity contribution is 0.0605. The van der Waals surface area contributed by atoms with Gasteiger partial charge in [0.1, 0.15) is 4.90 Å². The van der Waals surface area contributed by atoms with Crippen molar-refractivity contribution in [3.05, 3.63) is 5.69 Å². The summed E-state index contributed by atoms with van der Waals surface area (Å²) in [5, 5.41) is 13.8. The number of β-amino-alcohol motifs (C(OH)–C–C–N with tert-alkyl or cyclic N) is 1. The van der Waals surface area contributed by atoms with Crippen LogP contribution >= 0.6 is 0 Å². The van der Waals surface area contributed by atoms with E-state index in [1.54, 1.807) is 14.0 Å². The zero-order chi connectivity index (χ0) is 14.4. The molecule has 0 bridgehead atoms. The Morgan fingerprint density at radius 2 is 2.11 bits per heavy atom. The van der Waals surface area contributed by atoms with Gasteiger partial charge in [-0.1, -0.05) is 6.92 Å². The fraction of sp³-hybridized carbons (Fsp3) is 0.727. The lowest BCUT2D eigenvalue weighted by atomic mass is 9.98. The molecule has 0 aliphatic carbocycles. The minimum atomic E-state index is -3.69. The van der Waals surface area contributed by atoms with Crippen molar-refractivity contribution in [2.45, 2.75) is 31.3 Å². The molecule has 1 aromatic heterocycles. The van der Waals surface area contributed by atoms with E-state index in [4.69, 9.17) is 5.73 Å². The maximum atomic E-state index is 12.6. The summed E-state index contributed by atoms with van der Waals surface area (Å²) in [5.41, 5.74) is 6.20. The molecule has 0 aromatic carbocycles. The molecule has 2 atom stereocenters. The Bertz CT molecular complexity index is 581. The normalized spacial score (nSPS) is 25.7. The van der Waals surface area contributed by atoms with E-state index < -0.39 is 16.1 Å². The SMILES string of the molecule is Cc1c(S(=O)(=O)N2CCC(C)C(O)C2)c(N)nn1C. The average Bonchev–Trinajstić information content (AvgIpc) is 2.57. The highest BCUT2D eigenvalue weighted by Gasteiger charge is 2.36. The lowest BCUT2D eigenvalue weighted by Crippen LogP contribution is -2.45. The molecule has 2 rings (SSSR count). The summed E-state index contributed by atoms with van der Waals surface area (Å²) in [6.07, 6.45) is 0.00121. The smallest absolute Gasteiger partial charge is 0.248 e. The van der Waals surface area contributed by atoms with Crippen molar-refractivity contribution in [1.82, 2.24) is 14.1 Å². The fourth-order valence-electron chi connectivity index (χ4n) is 2.30. The van der Waals surface area contributed by atoms with Crippen molar-refractivity contribution in [3.8, 4) is 0 Å². The molecule has 19 heavy (non-hydrogen) atoms. The minimum Gasteiger partial charge on any atom is -0.391 e. The Balaban J connectivity index is 2.38. The average molecular weight is 288 g/mol. The zero-order valence-corrected chi connectivity index (χ0v) is 12.2. The highest BCUT2D eigenvalue weighted by Crippen LogP contribution is 2.28. The van der Waals surface area contributed by atoms with Crippen molar-refractivity contribution < 1.29 is 13.5 Å². The minimum absolute atomic E-state index is 0.00751. The molecular formula is C11H20N4O3S. The molecule has 1 saturated heterocycles. The molecule has 3 N–H and O–H groups in total. The number of aliphatic hydroxyl groups is 1. The van der Waals surface area contributed by atoms with E-state index in [9.17, 15) is 13.5 Å². The number of piperidine rings is 1. The summed E-state index contributed by atoms with van der Waals surface area (Å²) in [6.45, 7) is 4.09. The first-order valence-electron chi connectivity index (χ1n) is 6.22. The molecule has 7 nitrogen and oxygen atoms in total. The van der Waals surface area contributed by atoms with Crippen molar-refractivity contribution in [3.63, 3.8) is 0 Å². The molecule has 0 radical (unpaired) electrons. The number of rotatable bonds is 2. The van der Waals surface area contributed by atoms with Crippen LogP contribution in [0.3, 0.4) is 0 Å². The van der Waals surface area contributed by atoms with Crippen LogP contribution in [0.25, 0.3) is 0 Å². The second-order valence-electron chi connectivity index (χ2n) is 5.12. The van der Waals surface area contributed by atoms with Crippen LogP contribution in [0.5, 0.6) is 0 Å². The molecule has 0 saturated carbocycles. The first kappa shape index (κ1) is 14.3. The van der Waals surface area contributed by atoms with Crippen LogP contribution in [0.4, 0.5) is 5.82 Å². The first-order valence-corrected chi connectivity index (χ1v) is 7.66. The van der Waals surface area contributed by atoms with Crippen LogP contribution in [-0.2, 0) is 17.1 Å². The number of sulfonamides is 1. The van der Waals surface area contributed by atoms with Crippen LogP contribution < -0.4 is 5.73 Å². The highest BCUT2D eigenvalue weighted by molar-refractivity contribution is 7.89. The topological polar surface area (TPSA) is 101 Å². The maximum absolute atomic E-state index is 12.6. The Labute approximate surface area is 113 Å². The molecule has 1 aliphatic rings. The third-order valence-corrected chi connectivity index (χ3v) is 5.82. The summed E-state index contributed by atoms with van der Waals surface area (Å²) in [4.78, 5) is 0.0525. The van der Waals surface area contributed by atoms with E-state index in [-0.39, 0.29) is 23.2 Å². The predicted molar refractivity (Wildman–Crippen MR) is 70.9 cm³/mol. The van der Waals surface area contributed by atoms with Gasteiger partial charge in [-0.15, -0.1) is 0 Å². The third-order valence-electron chi connectivity index (χ3n) is 3.78. The monoisotopic (exact) mass is 288 g/mol. The van der Waals surface area contributed by atoms with E-state index >= 15 is 0 Å². The molecule has 2 unspecified atom stereocenters. The molecule has 0 spiro atoms. The van der Waals surface area contributed by atoms with E-state index in [0.29, 0.717) is 18.7 Å². The summed E-state index contributed by atoms with van der Waals surface area (Å²) < 4.78 is 27.9. The van der Waals surface area contributed by atoms with Crippen LogP contribution in [-0.4, -0.2) is 46.8 Å². The summed E-state index contributed by atoms with van der Waals surface area (Å²) in [5.74, 6) is 0.118. The number of aryl methyl sites for hydroxylation is 1. The zero-order valence-electron chi connectivity index (χ0n) is 11.4. The lowest BCUT2D eigenvalue weighted by Gasteiger charge is -2.33. The van der Waals surface area contributed by atoms with E-state index in [1.165, 1.54) is 8.99 Å². The molecule has 2 heterocycles. The van der Waals surface area contributed by atoms with Gasteiger partial charge in [0.2, 0.25) is 10.0 Å². The quantitative estimate of drug-likeness (QED) is 0.778. The molecule has 8 heteroatoms. The van der Waals surface area contributed by atoms with Gasteiger partial charge in [-0.3, -0.25) is 4.68 Å². The van der Waals surface area contributed by atoms with Crippen molar-refractivity contribution in [2.24, 2.45) is 13.0 Å². The Kier molecular flexibility index (Phi) is 3.59. The van der Waals surface area contributed by atoms with Gasteiger partial charge in [-0.05, 0) is 19.3 Å². The Hall–Kier alpha value is -1.12. The van der Waals surface area contributed by atoms with Crippen LogP contribution in [0.1, 0.15) is 19.0 Å². The van der Waals surface area contributed by atoms with Gasteiger partial charge in [0.25, 0.3) is 0 Å². The number of anilines is 1. The number of nitrogens with two attached hydrogens (primary N) is 1.